The molecule has 0 aliphatic carbocycles. The minimum atomic E-state index is -0.999. The van der Waals surface area contributed by atoms with Crippen molar-refractivity contribution in [1.29, 1.82) is 0 Å². The van der Waals surface area contributed by atoms with Crippen LogP contribution < -0.4 is 19.5 Å². The first-order valence-electron chi connectivity index (χ1n) is 5.96. The molecule has 0 heterocycles. The van der Waals surface area contributed by atoms with Crippen molar-refractivity contribution >= 4 is 5.97 Å². The number of nitrogens with one attached hydrogen (secondary N) is 1. The number of carboxylic acid groups (broad SMARTS) is 1. The minimum absolute atomic E-state index is 0.369. The van der Waals surface area contributed by atoms with Gasteiger partial charge in [0.15, 0.2) is 11.5 Å². The van der Waals surface area contributed by atoms with Crippen LogP contribution in [0.15, 0.2) is 24.8 Å². The molecule has 0 aliphatic heterocycles. The molecular weight excluding hydrogens is 262 g/mol. The summed E-state index contributed by atoms with van der Waals surface area (Å²) in [5, 5.41) is 12.2. The average molecular weight is 281 g/mol. The number of carbonyl (C=O) groups is 1. The second-order valence-corrected chi connectivity index (χ2v) is 3.93. The molecule has 0 aliphatic rings. The third-order valence-electron chi connectivity index (χ3n) is 2.73. The predicted octanol–water partition coefficient (Wildman–Crippen LogP) is 1.61. The standard InChI is InChI=1S/C14H19NO5/c1-5-6-15-12(14(16)17)9-7-10(18-2)13(20-4)11(8-9)19-3/h5,7-8,12,15H,1,6H2,2-4H3,(H,16,17). The van der Waals surface area contributed by atoms with E-state index in [4.69, 9.17) is 14.2 Å². The fraction of sp³-hybridized carbons (Fsp3) is 0.357. The molecular formula is C14H19NO5. The van der Waals surface area contributed by atoms with E-state index in [-0.39, 0.29) is 0 Å². The monoisotopic (exact) mass is 281 g/mol. The lowest BCUT2D eigenvalue weighted by atomic mass is 10.1. The zero-order valence-corrected chi connectivity index (χ0v) is 11.8. The van der Waals surface area contributed by atoms with Gasteiger partial charge in [0.05, 0.1) is 21.3 Å². The highest BCUT2D eigenvalue weighted by Crippen LogP contribution is 2.39. The predicted molar refractivity (Wildman–Crippen MR) is 74.7 cm³/mol. The highest BCUT2D eigenvalue weighted by molar-refractivity contribution is 5.76. The smallest absolute Gasteiger partial charge is 0.325 e. The Hall–Kier alpha value is -2.21. The van der Waals surface area contributed by atoms with Crippen molar-refractivity contribution in [3.63, 3.8) is 0 Å². The van der Waals surface area contributed by atoms with E-state index in [0.717, 1.165) is 0 Å². The summed E-state index contributed by atoms with van der Waals surface area (Å²) in [6, 6.07) is 2.33. The van der Waals surface area contributed by atoms with Gasteiger partial charge in [-0.05, 0) is 17.7 Å². The van der Waals surface area contributed by atoms with E-state index < -0.39 is 12.0 Å². The van der Waals surface area contributed by atoms with Gasteiger partial charge in [-0.25, -0.2) is 0 Å². The number of methoxy groups -OCH3 is 3. The molecule has 0 fully saturated rings. The molecule has 1 aromatic rings. The highest BCUT2D eigenvalue weighted by atomic mass is 16.5. The van der Waals surface area contributed by atoms with Crippen LogP contribution in [0.25, 0.3) is 0 Å². The Bertz CT molecular complexity index is 461. The molecule has 0 aromatic heterocycles. The number of rotatable bonds is 8. The second kappa shape index (κ2) is 7.40. The Balaban J connectivity index is 3.28. The molecule has 0 radical (unpaired) electrons. The average Bonchev–Trinajstić information content (AvgIpc) is 2.45. The molecule has 0 bridgehead atoms. The number of hydrogen-bond donors (Lipinski definition) is 2. The van der Waals surface area contributed by atoms with E-state index in [1.165, 1.54) is 21.3 Å². The molecule has 2 N–H and O–H groups in total. The molecule has 110 valence electrons. The first kappa shape index (κ1) is 15.8. The minimum Gasteiger partial charge on any atom is -0.493 e. The van der Waals surface area contributed by atoms with Gasteiger partial charge in [0.1, 0.15) is 6.04 Å². The second-order valence-electron chi connectivity index (χ2n) is 3.93. The first-order chi connectivity index (χ1) is 9.58. The van der Waals surface area contributed by atoms with Gasteiger partial charge in [-0.3, -0.25) is 10.1 Å². The topological polar surface area (TPSA) is 77.0 Å². The van der Waals surface area contributed by atoms with Crippen molar-refractivity contribution in [2.75, 3.05) is 27.9 Å². The quantitative estimate of drug-likeness (QED) is 0.705. The molecule has 1 rings (SSSR count). The molecule has 20 heavy (non-hydrogen) atoms. The van der Waals surface area contributed by atoms with Crippen LogP contribution in [-0.2, 0) is 4.79 Å². The van der Waals surface area contributed by atoms with Gasteiger partial charge in [-0.1, -0.05) is 6.08 Å². The van der Waals surface area contributed by atoms with Gasteiger partial charge in [-0.2, -0.15) is 0 Å². The zero-order valence-electron chi connectivity index (χ0n) is 11.8. The van der Waals surface area contributed by atoms with Crippen molar-refractivity contribution in [3.05, 3.63) is 30.4 Å². The van der Waals surface area contributed by atoms with Crippen molar-refractivity contribution in [3.8, 4) is 17.2 Å². The highest BCUT2D eigenvalue weighted by Gasteiger charge is 2.23. The molecule has 6 heteroatoms. The summed E-state index contributed by atoms with van der Waals surface area (Å²) in [7, 11) is 4.45. The van der Waals surface area contributed by atoms with Crippen LogP contribution in [0, 0.1) is 0 Å². The van der Waals surface area contributed by atoms with E-state index in [2.05, 4.69) is 11.9 Å². The number of hydrogen-bond acceptors (Lipinski definition) is 5. The molecule has 0 saturated carbocycles. The lowest BCUT2D eigenvalue weighted by molar-refractivity contribution is -0.139. The third kappa shape index (κ3) is 3.42. The molecule has 0 spiro atoms. The van der Waals surface area contributed by atoms with Crippen molar-refractivity contribution < 1.29 is 24.1 Å². The Morgan fingerprint density at radius 1 is 1.30 bits per heavy atom. The van der Waals surface area contributed by atoms with Crippen molar-refractivity contribution in [2.24, 2.45) is 0 Å². The molecule has 1 aromatic carbocycles. The van der Waals surface area contributed by atoms with E-state index in [9.17, 15) is 9.90 Å². The maximum Gasteiger partial charge on any atom is 0.325 e. The summed E-state index contributed by atoms with van der Waals surface area (Å²) >= 11 is 0. The maximum atomic E-state index is 11.3. The SMILES string of the molecule is C=CCNC(C(=O)O)c1cc(OC)c(OC)c(OC)c1. The Morgan fingerprint density at radius 2 is 1.85 bits per heavy atom. The fourth-order valence-electron chi connectivity index (χ4n) is 1.82. The lowest BCUT2D eigenvalue weighted by Crippen LogP contribution is -2.28. The van der Waals surface area contributed by atoms with Crippen LogP contribution in [0.1, 0.15) is 11.6 Å². The Morgan fingerprint density at radius 3 is 2.20 bits per heavy atom. The molecule has 0 saturated heterocycles. The summed E-state index contributed by atoms with van der Waals surface area (Å²) in [4.78, 5) is 11.3. The third-order valence-corrected chi connectivity index (χ3v) is 2.73. The van der Waals surface area contributed by atoms with Crippen molar-refractivity contribution in [1.82, 2.24) is 5.32 Å². The summed E-state index contributed by atoms with van der Waals surface area (Å²) in [5.74, 6) is 0.245. The van der Waals surface area contributed by atoms with E-state index in [0.29, 0.717) is 29.4 Å². The van der Waals surface area contributed by atoms with E-state index in [1.54, 1.807) is 18.2 Å². The largest absolute Gasteiger partial charge is 0.493 e. The zero-order chi connectivity index (χ0) is 15.1. The van der Waals surface area contributed by atoms with Gasteiger partial charge in [0.25, 0.3) is 0 Å². The molecule has 1 atom stereocenters. The molecule has 1 unspecified atom stereocenters. The van der Waals surface area contributed by atoms with Crippen molar-refractivity contribution in [2.45, 2.75) is 6.04 Å². The lowest BCUT2D eigenvalue weighted by Gasteiger charge is -2.18. The van der Waals surface area contributed by atoms with Gasteiger partial charge in [-0.15, -0.1) is 6.58 Å². The fourth-order valence-corrected chi connectivity index (χ4v) is 1.82. The van der Waals surface area contributed by atoms with Crippen LogP contribution in [0.3, 0.4) is 0 Å². The number of carboxylic acids is 1. The van der Waals surface area contributed by atoms with E-state index in [1.807, 2.05) is 0 Å². The Labute approximate surface area is 118 Å². The normalized spacial score (nSPS) is 11.6. The maximum absolute atomic E-state index is 11.3. The van der Waals surface area contributed by atoms with Crippen LogP contribution in [0.2, 0.25) is 0 Å². The first-order valence-corrected chi connectivity index (χ1v) is 5.96. The van der Waals surface area contributed by atoms with Gasteiger partial charge in [0, 0.05) is 6.54 Å². The summed E-state index contributed by atoms with van der Waals surface area (Å²) in [6.45, 7) is 3.92. The molecule has 6 nitrogen and oxygen atoms in total. The van der Waals surface area contributed by atoms with E-state index >= 15 is 0 Å². The van der Waals surface area contributed by atoms with Gasteiger partial charge < -0.3 is 19.3 Å². The Kier molecular flexibility index (Phi) is 5.86. The van der Waals surface area contributed by atoms with Crippen LogP contribution >= 0.6 is 0 Å². The van der Waals surface area contributed by atoms with Crippen LogP contribution in [0.5, 0.6) is 17.2 Å². The molecule has 0 amide bonds. The number of aliphatic carboxylic acids is 1. The number of benzene rings is 1. The van der Waals surface area contributed by atoms with Gasteiger partial charge >= 0.3 is 5.97 Å². The summed E-state index contributed by atoms with van der Waals surface area (Å²) in [6.07, 6.45) is 1.59. The van der Waals surface area contributed by atoms with Crippen LogP contribution in [-0.4, -0.2) is 38.9 Å². The van der Waals surface area contributed by atoms with Gasteiger partial charge in [0.2, 0.25) is 5.75 Å². The summed E-state index contributed by atoms with van der Waals surface area (Å²) < 4.78 is 15.6. The van der Waals surface area contributed by atoms with Crippen LogP contribution in [0.4, 0.5) is 0 Å². The number of ether oxygens (including phenoxy) is 3. The summed E-state index contributed by atoms with van der Waals surface area (Å²) in [5.41, 5.74) is 0.508.